The Balaban J connectivity index is 0.000000211. The van der Waals surface area contributed by atoms with Crippen molar-refractivity contribution in [3.63, 3.8) is 0 Å². The van der Waals surface area contributed by atoms with Gasteiger partial charge in [0.25, 0.3) is 0 Å². The minimum atomic E-state index is -1.10. The molecule has 0 unspecified atom stereocenters. The van der Waals surface area contributed by atoms with Crippen molar-refractivity contribution in [3.05, 3.63) is 243 Å². The average Bonchev–Trinajstić information content (AvgIpc) is 3.45. The van der Waals surface area contributed by atoms with E-state index >= 15 is 0 Å². The first-order chi connectivity index (χ1) is 35.7. The van der Waals surface area contributed by atoms with Crippen LogP contribution in [-0.2, 0) is 30.6 Å². The van der Waals surface area contributed by atoms with Crippen LogP contribution < -0.4 is 42.4 Å². The molecule has 0 bridgehead atoms. The second kappa shape index (κ2) is 37.1. The van der Waals surface area contributed by atoms with Gasteiger partial charge in [-0.15, -0.1) is 0 Å². The molecule has 0 aromatic heterocycles. The molecule has 8 rings (SSSR count). The maximum absolute atomic E-state index is 5.60. The molecule has 0 aliphatic heterocycles. The summed E-state index contributed by atoms with van der Waals surface area (Å²) in [7, 11) is -2.49. The first kappa shape index (κ1) is 60.2. The molecule has 0 N–H and O–H groups in total. The van der Waals surface area contributed by atoms with E-state index in [0.717, 1.165) is 58.3 Å². The molecular weight excluding hydrogens is 1030 g/mol. The summed E-state index contributed by atoms with van der Waals surface area (Å²) >= 11 is 0. The Labute approximate surface area is 456 Å². The normalized spacial score (nSPS) is 11.0. The molecule has 9 heteroatoms. The minimum absolute atomic E-state index is 0. The van der Waals surface area contributed by atoms with E-state index in [9.17, 15) is 0 Å². The second-order valence-electron chi connectivity index (χ2n) is 17.1. The van der Waals surface area contributed by atoms with Crippen LogP contribution in [-0.4, -0.2) is 44.5 Å². The fourth-order valence-electron chi connectivity index (χ4n) is 7.85. The number of benzene rings is 8. The number of hydrogen-bond donors (Lipinski definition) is 0. The SMILES string of the molecule is CCCCOP(OCCCC)OCCCC.[Fe].c1ccc(P(CCP(c2ccccc2)c2ccccc2)c2ccccc2)cc1.c1ccc(P(CCP(c2ccccc2)c2ccccc2)c2ccccc2)cc1. The summed E-state index contributed by atoms with van der Waals surface area (Å²) in [4.78, 5) is 0. The first-order valence-electron chi connectivity index (χ1n) is 25.9. The molecule has 0 radical (unpaired) electrons. The molecule has 8 aromatic carbocycles. The van der Waals surface area contributed by atoms with E-state index in [1.54, 1.807) is 0 Å². The summed E-state index contributed by atoms with van der Waals surface area (Å²) in [6.07, 6.45) is 11.5. The fraction of sp³-hybridized carbons (Fsp3) is 0.250. The molecule has 0 spiro atoms. The maximum atomic E-state index is 5.60. The summed E-state index contributed by atoms with van der Waals surface area (Å²) in [5.74, 6) is 0. The zero-order valence-corrected chi connectivity index (χ0v) is 48.7. The van der Waals surface area contributed by atoms with E-state index in [-0.39, 0.29) is 48.8 Å². The molecule has 382 valence electrons. The van der Waals surface area contributed by atoms with Crippen LogP contribution in [0.25, 0.3) is 0 Å². The van der Waals surface area contributed by atoms with E-state index in [2.05, 4.69) is 263 Å². The van der Waals surface area contributed by atoms with Crippen LogP contribution in [0.15, 0.2) is 243 Å². The van der Waals surface area contributed by atoms with Gasteiger partial charge < -0.3 is 13.6 Å². The standard InChI is InChI=1S/2C26H24P2.C12H27O3P.Fe/c2*1-5-13-23(14-6-1)27(24-15-7-2-8-16-24)21-22-28(25-17-9-3-10-18-25)26-19-11-4-12-20-26;1-4-7-10-13-16(14-11-8-5-2)15-12-9-6-3;/h2*1-20H,21-22H2;4-12H2,1-3H3;. The van der Waals surface area contributed by atoms with Crippen molar-refractivity contribution in [2.45, 2.75) is 59.3 Å². The molecule has 0 amide bonds. The van der Waals surface area contributed by atoms with Crippen LogP contribution in [0, 0.1) is 0 Å². The molecule has 0 atom stereocenters. The van der Waals surface area contributed by atoms with Crippen molar-refractivity contribution in [3.8, 4) is 0 Å². The van der Waals surface area contributed by atoms with E-state index in [4.69, 9.17) is 13.6 Å². The van der Waals surface area contributed by atoms with Gasteiger partial charge in [-0.2, -0.15) is 0 Å². The minimum Gasteiger partial charge on any atom is -0.312 e. The number of unbranched alkanes of at least 4 members (excludes halogenated alkanes) is 3. The van der Waals surface area contributed by atoms with Gasteiger partial charge in [-0.25, -0.2) is 0 Å². The molecule has 0 saturated heterocycles. The molecule has 8 aromatic rings. The largest absolute Gasteiger partial charge is 0.332 e. The Kier molecular flexibility index (Phi) is 30.6. The summed E-state index contributed by atoms with van der Waals surface area (Å²) in [5, 5.41) is 11.8. The summed E-state index contributed by atoms with van der Waals surface area (Å²) < 4.78 is 16.8. The Bertz CT molecular complexity index is 2020. The summed E-state index contributed by atoms with van der Waals surface area (Å²) in [6, 6.07) is 88.4. The maximum Gasteiger partial charge on any atom is 0.332 e. The molecule has 0 fully saturated rings. The van der Waals surface area contributed by atoms with Crippen molar-refractivity contribution < 1.29 is 30.6 Å². The monoisotopic (exact) mass is 1100 g/mol. The van der Waals surface area contributed by atoms with Crippen LogP contribution in [0.3, 0.4) is 0 Å². The Morgan fingerprint density at radius 2 is 0.397 bits per heavy atom. The molecule has 73 heavy (non-hydrogen) atoms. The van der Waals surface area contributed by atoms with Crippen LogP contribution in [0.2, 0.25) is 0 Å². The molecule has 0 aliphatic rings. The summed E-state index contributed by atoms with van der Waals surface area (Å²) in [5.41, 5.74) is 0. The third-order valence-electron chi connectivity index (χ3n) is 11.7. The topological polar surface area (TPSA) is 27.7 Å². The first-order valence-corrected chi connectivity index (χ1v) is 33.1. The zero-order valence-electron chi connectivity index (χ0n) is 43.1. The van der Waals surface area contributed by atoms with E-state index in [1.807, 2.05) is 0 Å². The smallest absolute Gasteiger partial charge is 0.312 e. The van der Waals surface area contributed by atoms with Crippen molar-refractivity contribution in [2.75, 3.05) is 44.5 Å². The van der Waals surface area contributed by atoms with Gasteiger partial charge in [0.05, 0.1) is 19.8 Å². The van der Waals surface area contributed by atoms with Gasteiger partial charge in [-0.1, -0.05) is 283 Å². The van der Waals surface area contributed by atoms with E-state index < -0.39 is 8.60 Å². The average molecular weight is 1100 g/mol. The Morgan fingerprint density at radius 3 is 0.534 bits per heavy atom. The molecule has 0 heterocycles. The molecular formula is C64H75FeO3P5. The van der Waals surface area contributed by atoms with Crippen LogP contribution >= 0.6 is 40.3 Å². The van der Waals surface area contributed by atoms with E-state index in [1.165, 1.54) is 67.1 Å². The van der Waals surface area contributed by atoms with E-state index in [0.29, 0.717) is 0 Å². The zero-order chi connectivity index (χ0) is 50.1. The third-order valence-corrected chi connectivity index (χ3v) is 23.7. The predicted octanol–water partition coefficient (Wildman–Crippen LogP) is 15.2. The van der Waals surface area contributed by atoms with Gasteiger partial charge in [0, 0.05) is 17.1 Å². The van der Waals surface area contributed by atoms with Gasteiger partial charge >= 0.3 is 8.60 Å². The van der Waals surface area contributed by atoms with Gasteiger partial charge in [0.15, 0.2) is 0 Å². The van der Waals surface area contributed by atoms with Crippen molar-refractivity contribution in [2.24, 2.45) is 0 Å². The molecule has 0 aliphatic carbocycles. The van der Waals surface area contributed by atoms with Gasteiger partial charge in [0.2, 0.25) is 0 Å². The second-order valence-corrected chi connectivity index (χ2v) is 27.6. The van der Waals surface area contributed by atoms with Crippen molar-refractivity contribution in [1.29, 1.82) is 0 Å². The Hall–Kier alpha value is -3.69. The van der Waals surface area contributed by atoms with Gasteiger partial charge in [-0.3, -0.25) is 0 Å². The van der Waals surface area contributed by atoms with Gasteiger partial charge in [0.1, 0.15) is 0 Å². The Morgan fingerprint density at radius 1 is 0.247 bits per heavy atom. The van der Waals surface area contributed by atoms with Crippen molar-refractivity contribution in [1.82, 2.24) is 0 Å². The van der Waals surface area contributed by atoms with Crippen LogP contribution in [0.1, 0.15) is 59.3 Å². The number of hydrogen-bond acceptors (Lipinski definition) is 3. The molecule has 0 saturated carbocycles. The quantitative estimate of drug-likeness (QED) is 0.0307. The molecule has 3 nitrogen and oxygen atoms in total. The van der Waals surface area contributed by atoms with Crippen LogP contribution in [0.4, 0.5) is 0 Å². The third kappa shape index (κ3) is 21.8. The van der Waals surface area contributed by atoms with Crippen LogP contribution in [0.5, 0.6) is 0 Å². The fourth-order valence-corrected chi connectivity index (χ4v) is 19.6. The van der Waals surface area contributed by atoms with Crippen molar-refractivity contribution >= 4 is 82.7 Å². The predicted molar refractivity (Wildman–Crippen MR) is 325 cm³/mol. The number of rotatable bonds is 26. The van der Waals surface area contributed by atoms with Gasteiger partial charge in [-0.05, 0) is 118 Å². The summed E-state index contributed by atoms with van der Waals surface area (Å²) in [6.45, 7) is 8.71.